The van der Waals surface area contributed by atoms with Gasteiger partial charge in [0.1, 0.15) is 5.82 Å². The fourth-order valence-electron chi connectivity index (χ4n) is 4.93. The number of sulfonamides is 1. The summed E-state index contributed by atoms with van der Waals surface area (Å²) >= 11 is 0. The van der Waals surface area contributed by atoms with E-state index in [4.69, 9.17) is 10.7 Å². The molecule has 0 aliphatic rings. The van der Waals surface area contributed by atoms with Crippen LogP contribution in [0.5, 0.6) is 0 Å². The second-order valence-corrected chi connectivity index (χ2v) is 12.4. The van der Waals surface area contributed by atoms with Gasteiger partial charge in [0.15, 0.2) is 11.5 Å². The smallest absolute Gasteiger partial charge is 0.274 e. The molecule has 0 radical (unpaired) electrons. The van der Waals surface area contributed by atoms with Crippen LogP contribution in [-0.4, -0.2) is 50.1 Å². The highest BCUT2D eigenvalue weighted by Gasteiger charge is 2.23. The Kier molecular flexibility index (Phi) is 8.61. The maximum Gasteiger partial charge on any atom is 0.274 e. The number of amides is 1. The molecule has 0 saturated carbocycles. The molecule has 4 aromatic heterocycles. The summed E-state index contributed by atoms with van der Waals surface area (Å²) in [5.74, 6) is 5.63. The number of nitrogens with one attached hydrogen (secondary N) is 2. The molecule has 0 saturated heterocycles. The molecule has 2 aromatic carbocycles. The zero-order valence-electron chi connectivity index (χ0n) is 25.6. The number of anilines is 2. The maximum atomic E-state index is 14.3. The number of nitrogens with zero attached hydrogens (tertiary/aromatic N) is 6. The van der Waals surface area contributed by atoms with Crippen molar-refractivity contribution in [3.8, 4) is 28.8 Å². The van der Waals surface area contributed by atoms with Gasteiger partial charge in [-0.2, -0.15) is 0 Å². The van der Waals surface area contributed by atoms with Crippen molar-refractivity contribution in [2.24, 2.45) is 0 Å². The van der Waals surface area contributed by atoms with Crippen molar-refractivity contribution < 1.29 is 13.2 Å². The number of fused-ring (bicyclic) bond motifs is 1. The number of rotatable bonds is 7. The minimum atomic E-state index is -3.55. The molecule has 0 aliphatic carbocycles. The Balaban J connectivity index is 1.39. The Labute approximate surface area is 275 Å². The van der Waals surface area contributed by atoms with Crippen LogP contribution in [0.4, 0.5) is 11.5 Å². The number of hydrogen-bond acceptors (Lipinski definition) is 10. The largest absolute Gasteiger partial charge is 0.382 e. The lowest BCUT2D eigenvalue weighted by molar-refractivity contribution is 0.0933. The summed E-state index contributed by atoms with van der Waals surface area (Å²) in [6.45, 7) is 1.69. The molecule has 1 atom stereocenters. The van der Waals surface area contributed by atoms with Gasteiger partial charge in [0.05, 0.1) is 52.7 Å². The van der Waals surface area contributed by atoms with Gasteiger partial charge in [-0.05, 0) is 49.4 Å². The first-order valence-corrected chi connectivity index (χ1v) is 16.4. The van der Waals surface area contributed by atoms with Crippen LogP contribution in [0.3, 0.4) is 0 Å². The highest BCUT2D eigenvalue weighted by atomic mass is 32.2. The molecule has 14 heteroatoms. The quantitative estimate of drug-likeness (QED) is 0.215. The van der Waals surface area contributed by atoms with Crippen LogP contribution in [0.25, 0.3) is 27.8 Å². The van der Waals surface area contributed by atoms with Crippen molar-refractivity contribution in [3.63, 3.8) is 0 Å². The van der Waals surface area contributed by atoms with Crippen molar-refractivity contribution in [2.45, 2.75) is 13.0 Å². The van der Waals surface area contributed by atoms with Gasteiger partial charge in [-0.15, -0.1) is 0 Å². The van der Waals surface area contributed by atoms with E-state index in [2.05, 4.69) is 41.8 Å². The summed E-state index contributed by atoms with van der Waals surface area (Å²) in [5.41, 5.74) is 8.56. The third-order valence-corrected chi connectivity index (χ3v) is 7.65. The average molecular weight is 658 g/mol. The summed E-state index contributed by atoms with van der Waals surface area (Å²) in [5, 5.41) is 3.18. The minimum Gasteiger partial charge on any atom is -0.382 e. The average Bonchev–Trinajstić information content (AvgIpc) is 3.07. The number of carbonyl (C=O) groups excluding carboxylic acids is 1. The topological polar surface area (TPSA) is 188 Å². The summed E-state index contributed by atoms with van der Waals surface area (Å²) in [7, 11) is -3.55. The Morgan fingerprint density at radius 3 is 2.46 bits per heavy atom. The number of pyridine rings is 2. The van der Waals surface area contributed by atoms with Gasteiger partial charge in [-0.25, -0.2) is 23.4 Å². The minimum absolute atomic E-state index is 0.133. The first-order chi connectivity index (χ1) is 23.1. The molecular weight excluding hydrogens is 631 g/mol. The maximum absolute atomic E-state index is 14.3. The second kappa shape index (κ2) is 13.1. The molecule has 6 aromatic rings. The lowest BCUT2D eigenvalue weighted by atomic mass is 10.1. The van der Waals surface area contributed by atoms with Crippen LogP contribution in [0.2, 0.25) is 0 Å². The van der Waals surface area contributed by atoms with E-state index in [1.54, 1.807) is 73.9 Å². The van der Waals surface area contributed by atoms with Gasteiger partial charge in [-0.1, -0.05) is 36.1 Å². The highest BCUT2D eigenvalue weighted by molar-refractivity contribution is 7.92. The van der Waals surface area contributed by atoms with Crippen LogP contribution in [0.15, 0.2) is 103 Å². The number of carbonyl (C=O) groups is 1. The molecule has 13 nitrogen and oxygen atoms in total. The lowest BCUT2D eigenvalue weighted by Gasteiger charge is -2.20. The van der Waals surface area contributed by atoms with Crippen molar-refractivity contribution in [1.82, 2.24) is 34.8 Å². The first-order valence-electron chi connectivity index (χ1n) is 14.5. The number of benzene rings is 2. The van der Waals surface area contributed by atoms with Crippen LogP contribution >= 0.6 is 0 Å². The molecule has 0 bridgehead atoms. The van der Waals surface area contributed by atoms with E-state index in [0.29, 0.717) is 27.7 Å². The molecule has 0 spiro atoms. The van der Waals surface area contributed by atoms with Gasteiger partial charge in [0.2, 0.25) is 10.0 Å². The zero-order chi connectivity index (χ0) is 33.8. The van der Waals surface area contributed by atoms with Crippen LogP contribution in [0.1, 0.15) is 40.4 Å². The summed E-state index contributed by atoms with van der Waals surface area (Å²) in [6, 6.07) is 18.5. The van der Waals surface area contributed by atoms with Crippen molar-refractivity contribution in [2.75, 3.05) is 16.7 Å². The molecule has 6 rings (SSSR count). The van der Waals surface area contributed by atoms with Gasteiger partial charge < -0.3 is 11.1 Å². The van der Waals surface area contributed by atoms with E-state index >= 15 is 0 Å². The molecule has 4 N–H and O–H groups in total. The Hall–Kier alpha value is -6.46. The van der Waals surface area contributed by atoms with Crippen LogP contribution in [-0.2, 0) is 10.0 Å². The third-order valence-electron chi connectivity index (χ3n) is 7.05. The molecule has 1 unspecified atom stereocenters. The number of hydrogen-bond donors (Lipinski definition) is 3. The first kappa shape index (κ1) is 31.5. The molecule has 0 aliphatic heterocycles. The summed E-state index contributed by atoms with van der Waals surface area (Å²) in [6.07, 6.45) is 8.44. The monoisotopic (exact) mass is 657 g/mol. The zero-order valence-corrected chi connectivity index (χ0v) is 26.4. The summed E-state index contributed by atoms with van der Waals surface area (Å²) < 4.78 is 27.2. The Bertz CT molecular complexity index is 2410. The Morgan fingerprint density at radius 1 is 0.938 bits per heavy atom. The number of nitrogen functional groups attached to an aromatic ring is 1. The third kappa shape index (κ3) is 6.86. The van der Waals surface area contributed by atoms with E-state index in [1.165, 1.54) is 29.2 Å². The van der Waals surface area contributed by atoms with Crippen molar-refractivity contribution in [3.05, 3.63) is 131 Å². The normalized spacial score (nSPS) is 11.7. The highest BCUT2D eigenvalue weighted by Crippen LogP contribution is 2.23. The number of aromatic nitrogens is 6. The fourth-order valence-corrected chi connectivity index (χ4v) is 5.47. The van der Waals surface area contributed by atoms with Crippen LogP contribution in [0, 0.1) is 11.8 Å². The van der Waals surface area contributed by atoms with E-state index in [-0.39, 0.29) is 34.3 Å². The summed E-state index contributed by atoms with van der Waals surface area (Å²) in [4.78, 5) is 49.3. The molecule has 238 valence electrons. The number of para-hydroxylation sites is 1. The van der Waals surface area contributed by atoms with Crippen LogP contribution < -0.4 is 21.3 Å². The standard InChI is InChI=1S/C34H27N9O4S/c1-21(39-33(44)30-31(35)38-20-28(40-30)24-17-25(19-37-18-24)42-48(2,46)47)32-41-27-10-6-7-23(12-11-22-13-15-36-16-14-22)29(27)34(45)43(32)26-8-4-3-5-9-26/h3-10,13-21,42H,1-2H3,(H2,35,38)(H,39,44). The predicted molar refractivity (Wildman–Crippen MR) is 182 cm³/mol. The lowest BCUT2D eigenvalue weighted by Crippen LogP contribution is -2.34. The van der Waals surface area contributed by atoms with E-state index in [9.17, 15) is 18.0 Å². The molecule has 48 heavy (non-hydrogen) atoms. The van der Waals surface area contributed by atoms with E-state index in [1.807, 2.05) is 6.07 Å². The molecule has 4 heterocycles. The molecule has 0 fully saturated rings. The van der Waals surface area contributed by atoms with Gasteiger partial charge >= 0.3 is 0 Å². The van der Waals surface area contributed by atoms with Crippen molar-refractivity contribution >= 4 is 38.3 Å². The predicted octanol–water partition coefficient (Wildman–Crippen LogP) is 3.48. The second-order valence-electron chi connectivity index (χ2n) is 10.7. The molecular formula is C34H27N9O4S. The van der Waals surface area contributed by atoms with Crippen molar-refractivity contribution in [1.29, 1.82) is 0 Å². The van der Waals surface area contributed by atoms with E-state index < -0.39 is 22.0 Å². The fraction of sp³-hybridized carbons (Fsp3) is 0.0882. The SMILES string of the molecule is CC(NC(=O)c1nc(-c2cncc(NS(C)(=O)=O)c2)cnc1N)c1nc2cccc(C#Cc3ccncc3)c2c(=O)n1-c1ccccc1. The van der Waals surface area contributed by atoms with Gasteiger partial charge in [0.25, 0.3) is 11.5 Å². The van der Waals surface area contributed by atoms with E-state index in [0.717, 1.165) is 11.8 Å². The number of nitrogens with two attached hydrogens (primary N) is 1. The van der Waals surface area contributed by atoms with Gasteiger partial charge in [-0.3, -0.25) is 28.8 Å². The van der Waals surface area contributed by atoms with Gasteiger partial charge in [0, 0.05) is 35.3 Å². The molecule has 1 amide bonds. The Morgan fingerprint density at radius 2 is 1.71 bits per heavy atom.